The van der Waals surface area contributed by atoms with Gasteiger partial charge >= 0.3 is 0 Å². The molecule has 0 radical (unpaired) electrons. The lowest BCUT2D eigenvalue weighted by atomic mass is 9.99. The molecule has 0 atom stereocenters. The molecule has 1 amide bonds. The molecule has 2 aromatic carbocycles. The normalized spacial score (nSPS) is 13.5. The predicted molar refractivity (Wildman–Crippen MR) is 96.1 cm³/mol. The Morgan fingerprint density at radius 1 is 1.21 bits per heavy atom. The highest BCUT2D eigenvalue weighted by Crippen LogP contribution is 2.32. The lowest BCUT2D eigenvalue weighted by Crippen LogP contribution is -2.24. The molecule has 0 aliphatic carbocycles. The average molecular weight is 380 g/mol. The van der Waals surface area contributed by atoms with Crippen LogP contribution in [-0.4, -0.2) is 25.6 Å². The third-order valence-electron chi connectivity index (χ3n) is 4.93. The Bertz CT molecular complexity index is 1220. The van der Waals surface area contributed by atoms with Crippen LogP contribution in [0, 0.1) is 11.6 Å². The lowest BCUT2D eigenvalue weighted by Gasteiger charge is -2.17. The second-order valence-electron chi connectivity index (χ2n) is 6.75. The van der Waals surface area contributed by atoms with Crippen molar-refractivity contribution in [3.63, 3.8) is 0 Å². The molecule has 4 aromatic rings. The second kappa shape index (κ2) is 5.98. The molecule has 8 heteroatoms. The Morgan fingerprint density at radius 2 is 2.00 bits per heavy atom. The molecule has 6 nitrogen and oxygen atoms in total. The van der Waals surface area contributed by atoms with E-state index in [1.807, 2.05) is 12.3 Å². The van der Waals surface area contributed by atoms with Gasteiger partial charge in [-0.15, -0.1) is 0 Å². The van der Waals surface area contributed by atoms with Crippen LogP contribution in [0.1, 0.15) is 21.8 Å². The summed E-state index contributed by atoms with van der Waals surface area (Å²) >= 11 is 0. The number of oxazole rings is 1. The molecule has 0 spiro atoms. The minimum Gasteiger partial charge on any atom is -0.438 e. The molecular weight excluding hydrogens is 366 g/mol. The van der Waals surface area contributed by atoms with E-state index in [1.165, 1.54) is 23.4 Å². The number of nitrogens with zero attached hydrogens (tertiary/aromatic N) is 4. The first-order valence-corrected chi connectivity index (χ1v) is 8.63. The van der Waals surface area contributed by atoms with Gasteiger partial charge in [0, 0.05) is 24.2 Å². The zero-order chi connectivity index (χ0) is 19.4. The fraction of sp³-hybridized carbons (Fsp3) is 0.150. The zero-order valence-electron chi connectivity index (χ0n) is 14.8. The minimum atomic E-state index is -0.708. The van der Waals surface area contributed by atoms with E-state index in [0.29, 0.717) is 16.8 Å². The van der Waals surface area contributed by atoms with Gasteiger partial charge in [0.25, 0.3) is 5.91 Å². The molecule has 3 heterocycles. The van der Waals surface area contributed by atoms with Crippen LogP contribution in [0.4, 0.5) is 8.78 Å². The fourth-order valence-electron chi connectivity index (χ4n) is 3.59. The molecule has 0 unspecified atom stereocenters. The van der Waals surface area contributed by atoms with Gasteiger partial charge < -0.3 is 9.32 Å². The third kappa shape index (κ3) is 2.49. The van der Waals surface area contributed by atoms with E-state index in [0.717, 1.165) is 10.9 Å². The number of aromatic nitrogens is 3. The Labute approximate surface area is 158 Å². The summed E-state index contributed by atoms with van der Waals surface area (Å²) in [5.41, 5.74) is 2.16. The second-order valence-corrected chi connectivity index (χ2v) is 6.75. The van der Waals surface area contributed by atoms with Gasteiger partial charge in [0.1, 0.15) is 17.3 Å². The van der Waals surface area contributed by atoms with Gasteiger partial charge in [-0.1, -0.05) is 12.1 Å². The maximum Gasteiger partial charge on any atom is 0.292 e. The number of hydrogen-bond donors (Lipinski definition) is 0. The maximum absolute atomic E-state index is 14.8. The first kappa shape index (κ1) is 16.6. The number of fused-ring (bicyclic) bond motifs is 2. The summed E-state index contributed by atoms with van der Waals surface area (Å²) in [6.45, 7) is -0.0277. The number of aryl methyl sites for hydroxylation is 1. The molecule has 0 bridgehead atoms. The van der Waals surface area contributed by atoms with Crippen molar-refractivity contribution in [1.29, 1.82) is 0 Å². The van der Waals surface area contributed by atoms with Gasteiger partial charge in [0.05, 0.1) is 18.6 Å². The van der Waals surface area contributed by atoms with Crippen molar-refractivity contribution in [1.82, 2.24) is 19.7 Å². The summed E-state index contributed by atoms with van der Waals surface area (Å²) in [5.74, 6) is -1.71. The van der Waals surface area contributed by atoms with Gasteiger partial charge in [0.2, 0.25) is 5.76 Å². The number of halogens is 2. The van der Waals surface area contributed by atoms with Crippen LogP contribution in [-0.2, 0) is 20.1 Å². The van der Waals surface area contributed by atoms with Crippen LogP contribution < -0.4 is 0 Å². The topological polar surface area (TPSA) is 64.2 Å². The smallest absolute Gasteiger partial charge is 0.292 e. The number of rotatable bonds is 3. The van der Waals surface area contributed by atoms with E-state index in [9.17, 15) is 13.6 Å². The van der Waals surface area contributed by atoms with Crippen molar-refractivity contribution >= 4 is 16.8 Å². The maximum atomic E-state index is 14.8. The number of carbonyl (C=O) groups is 1. The van der Waals surface area contributed by atoms with Crippen LogP contribution in [0.3, 0.4) is 0 Å². The summed E-state index contributed by atoms with van der Waals surface area (Å²) in [6.07, 6.45) is 3.00. The predicted octanol–water partition coefficient (Wildman–Crippen LogP) is 3.66. The molecule has 2 aromatic heterocycles. The van der Waals surface area contributed by atoms with E-state index in [2.05, 4.69) is 10.1 Å². The Morgan fingerprint density at radius 3 is 2.75 bits per heavy atom. The number of benzene rings is 2. The molecule has 140 valence electrons. The molecule has 0 fully saturated rings. The van der Waals surface area contributed by atoms with E-state index in [1.54, 1.807) is 23.9 Å². The molecule has 5 rings (SSSR count). The highest BCUT2D eigenvalue weighted by molar-refractivity contribution is 5.95. The van der Waals surface area contributed by atoms with Crippen LogP contribution in [0.2, 0.25) is 0 Å². The van der Waals surface area contributed by atoms with Crippen LogP contribution in [0.5, 0.6) is 0 Å². The Balaban J connectivity index is 1.51. The zero-order valence-corrected chi connectivity index (χ0v) is 14.8. The van der Waals surface area contributed by atoms with Gasteiger partial charge in [0.15, 0.2) is 6.39 Å². The third-order valence-corrected chi connectivity index (χ3v) is 4.93. The van der Waals surface area contributed by atoms with Crippen LogP contribution >= 0.6 is 0 Å². The van der Waals surface area contributed by atoms with Gasteiger partial charge in [-0.3, -0.25) is 9.48 Å². The van der Waals surface area contributed by atoms with Crippen molar-refractivity contribution in [3.8, 4) is 11.1 Å². The van der Waals surface area contributed by atoms with Crippen molar-refractivity contribution in [3.05, 3.63) is 71.6 Å². The van der Waals surface area contributed by atoms with Gasteiger partial charge in [-0.25, -0.2) is 13.8 Å². The monoisotopic (exact) mass is 380 g/mol. The van der Waals surface area contributed by atoms with E-state index < -0.39 is 17.5 Å². The molecule has 0 saturated carbocycles. The van der Waals surface area contributed by atoms with Gasteiger partial charge in [-0.2, -0.15) is 5.10 Å². The average Bonchev–Trinajstić information content (AvgIpc) is 3.33. The first-order valence-electron chi connectivity index (χ1n) is 8.63. The van der Waals surface area contributed by atoms with Crippen molar-refractivity contribution < 1.29 is 18.0 Å². The molecule has 0 N–H and O–H groups in total. The highest BCUT2D eigenvalue weighted by Gasteiger charge is 2.33. The SMILES string of the molecule is Cn1cc2c(-c3cc(F)c(CN4Cc5ncoc5C4=O)c(F)c3)cccc2n1. The first-order chi connectivity index (χ1) is 13.5. The quantitative estimate of drug-likeness (QED) is 0.544. The summed E-state index contributed by atoms with van der Waals surface area (Å²) in [4.78, 5) is 17.5. The van der Waals surface area contributed by atoms with Crippen molar-refractivity contribution in [2.24, 2.45) is 7.05 Å². The molecular formula is C20H14F2N4O2. The Hall–Kier alpha value is -3.55. The standard InChI is InChI=1S/C20H14F2N4O2/c1-25-7-13-12(3-2-4-17(13)24-25)11-5-15(21)14(16(22)6-11)8-26-9-18-19(20(26)27)28-10-23-18/h2-7,10H,8-9H2,1H3. The van der Waals surface area contributed by atoms with Crippen LogP contribution in [0.15, 0.2) is 47.3 Å². The minimum absolute atomic E-state index is 0.126. The fourth-order valence-corrected chi connectivity index (χ4v) is 3.59. The largest absolute Gasteiger partial charge is 0.438 e. The molecule has 0 saturated heterocycles. The summed E-state index contributed by atoms with van der Waals surface area (Å²) in [5, 5.41) is 5.13. The van der Waals surface area contributed by atoms with E-state index >= 15 is 0 Å². The number of hydrogen-bond acceptors (Lipinski definition) is 4. The molecule has 28 heavy (non-hydrogen) atoms. The Kier molecular flexibility index (Phi) is 3.55. The summed E-state index contributed by atoms with van der Waals surface area (Å²) in [6, 6.07) is 8.01. The van der Waals surface area contributed by atoms with Gasteiger partial charge in [-0.05, 0) is 29.3 Å². The lowest BCUT2D eigenvalue weighted by molar-refractivity contribution is 0.0735. The summed E-state index contributed by atoms with van der Waals surface area (Å²) in [7, 11) is 1.79. The van der Waals surface area contributed by atoms with Crippen molar-refractivity contribution in [2.75, 3.05) is 0 Å². The molecule has 1 aliphatic heterocycles. The molecule has 1 aliphatic rings. The van der Waals surface area contributed by atoms with Crippen LogP contribution in [0.25, 0.3) is 22.0 Å². The van der Waals surface area contributed by atoms with E-state index in [4.69, 9.17) is 4.42 Å². The number of amides is 1. The van der Waals surface area contributed by atoms with E-state index in [-0.39, 0.29) is 24.4 Å². The van der Waals surface area contributed by atoms with Crippen molar-refractivity contribution in [2.45, 2.75) is 13.1 Å². The number of carbonyl (C=O) groups excluding carboxylic acids is 1. The highest BCUT2D eigenvalue weighted by atomic mass is 19.1. The summed E-state index contributed by atoms with van der Waals surface area (Å²) < 4.78 is 36.3.